The first-order valence-electron chi connectivity index (χ1n) is 12.4. The fourth-order valence-electron chi connectivity index (χ4n) is 5.51. The molecular formula is C25H31ClN6O2S. The van der Waals surface area contributed by atoms with Gasteiger partial charge in [0.15, 0.2) is 11.5 Å². The summed E-state index contributed by atoms with van der Waals surface area (Å²) < 4.78 is 12.0. The van der Waals surface area contributed by atoms with E-state index in [-0.39, 0.29) is 17.2 Å². The van der Waals surface area contributed by atoms with Crippen LogP contribution in [0.25, 0.3) is 11.5 Å². The van der Waals surface area contributed by atoms with E-state index in [9.17, 15) is 5.26 Å². The van der Waals surface area contributed by atoms with Crippen LogP contribution in [0.2, 0.25) is 5.15 Å². The minimum atomic E-state index is -0.306. The zero-order chi connectivity index (χ0) is 24.5. The minimum Gasteiger partial charge on any atom is -0.476 e. The lowest BCUT2D eigenvalue weighted by molar-refractivity contribution is 0.193. The summed E-state index contributed by atoms with van der Waals surface area (Å²) in [5.74, 6) is 1.35. The Kier molecular flexibility index (Phi) is 7.35. The molecule has 2 aromatic rings. The molecule has 8 nitrogen and oxygen atoms in total. The second kappa shape index (κ2) is 10.5. The molecule has 2 N–H and O–H groups in total. The number of thioether (sulfide) groups is 1. The van der Waals surface area contributed by atoms with Crippen molar-refractivity contribution in [1.29, 1.82) is 5.26 Å². The summed E-state index contributed by atoms with van der Waals surface area (Å²) in [6, 6.07) is 4.45. The standard InChI is InChI=1S/C25H31ClN6O2S/c1-3-6-16-22(25-29-19(26)11-20(30-25)33-13-14-7-5-10-32(14)2)31-34-23(16)15-8-4-9-18-21(15)17(12-27)24(28)35-18/h11,14-15,17,24H,3-10,13,28H2,1-2H3/t14-,15-,17?,24?/m0/s1. The lowest BCUT2D eigenvalue weighted by Gasteiger charge is -2.25. The van der Waals surface area contributed by atoms with E-state index in [0.29, 0.717) is 35.2 Å². The average molecular weight is 515 g/mol. The molecule has 2 aliphatic heterocycles. The van der Waals surface area contributed by atoms with Gasteiger partial charge in [-0.15, -0.1) is 11.8 Å². The van der Waals surface area contributed by atoms with Crippen LogP contribution in [-0.2, 0) is 6.42 Å². The highest BCUT2D eigenvalue weighted by atomic mass is 35.5. The molecule has 0 aromatic carbocycles. The number of halogens is 1. The van der Waals surface area contributed by atoms with Crippen LogP contribution in [-0.4, -0.2) is 51.6 Å². The Labute approximate surface area is 215 Å². The maximum atomic E-state index is 9.83. The van der Waals surface area contributed by atoms with Gasteiger partial charge in [-0.05, 0) is 62.6 Å². The van der Waals surface area contributed by atoms with Crippen LogP contribution in [0, 0.1) is 17.2 Å². The fraction of sp³-hybridized carbons (Fsp3) is 0.600. The van der Waals surface area contributed by atoms with Crippen molar-refractivity contribution in [3.8, 4) is 23.5 Å². The van der Waals surface area contributed by atoms with Crippen LogP contribution < -0.4 is 10.5 Å². The number of rotatable bonds is 7. The largest absolute Gasteiger partial charge is 0.476 e. The van der Waals surface area contributed by atoms with E-state index in [1.165, 1.54) is 11.3 Å². The quantitative estimate of drug-likeness (QED) is 0.515. The average Bonchev–Trinajstić information content (AvgIpc) is 3.53. The highest BCUT2D eigenvalue weighted by molar-refractivity contribution is 8.03. The number of hydrogen-bond acceptors (Lipinski definition) is 9. The molecule has 1 fully saturated rings. The van der Waals surface area contributed by atoms with Gasteiger partial charge in [-0.2, -0.15) is 10.2 Å². The van der Waals surface area contributed by atoms with Gasteiger partial charge in [0.05, 0.1) is 17.4 Å². The van der Waals surface area contributed by atoms with Crippen molar-refractivity contribution in [1.82, 2.24) is 20.0 Å². The van der Waals surface area contributed by atoms with E-state index in [1.807, 2.05) is 0 Å². The van der Waals surface area contributed by atoms with Gasteiger partial charge >= 0.3 is 0 Å². The summed E-state index contributed by atoms with van der Waals surface area (Å²) >= 11 is 8.01. The first-order chi connectivity index (χ1) is 17.0. The zero-order valence-electron chi connectivity index (χ0n) is 20.2. The molecule has 0 radical (unpaired) electrons. The molecular weight excluding hydrogens is 484 g/mol. The van der Waals surface area contributed by atoms with Gasteiger partial charge < -0.3 is 19.9 Å². The van der Waals surface area contributed by atoms with Gasteiger partial charge in [0.2, 0.25) is 5.88 Å². The third-order valence-electron chi connectivity index (χ3n) is 7.29. The van der Waals surface area contributed by atoms with Crippen molar-refractivity contribution in [2.75, 3.05) is 20.2 Å². The molecule has 2 unspecified atom stereocenters. The Morgan fingerprint density at radius 3 is 2.94 bits per heavy atom. The molecule has 1 aliphatic carbocycles. The van der Waals surface area contributed by atoms with E-state index >= 15 is 0 Å². The Morgan fingerprint density at radius 1 is 1.34 bits per heavy atom. The van der Waals surface area contributed by atoms with E-state index in [2.05, 4.69) is 40.1 Å². The van der Waals surface area contributed by atoms with Crippen molar-refractivity contribution >= 4 is 23.4 Å². The molecule has 1 saturated heterocycles. The van der Waals surface area contributed by atoms with Gasteiger partial charge in [0, 0.05) is 23.6 Å². The summed E-state index contributed by atoms with van der Waals surface area (Å²) in [6.45, 7) is 3.76. The smallest absolute Gasteiger partial charge is 0.218 e. The van der Waals surface area contributed by atoms with Crippen molar-refractivity contribution in [2.24, 2.45) is 11.7 Å². The van der Waals surface area contributed by atoms with Crippen molar-refractivity contribution < 1.29 is 9.26 Å². The predicted octanol–water partition coefficient (Wildman–Crippen LogP) is 4.90. The molecule has 5 rings (SSSR count). The van der Waals surface area contributed by atoms with Gasteiger partial charge in [-0.3, -0.25) is 0 Å². The van der Waals surface area contributed by atoms with Gasteiger partial charge in [0.25, 0.3) is 0 Å². The molecule has 0 bridgehead atoms. The molecule has 0 spiro atoms. The fourth-order valence-corrected chi connectivity index (χ4v) is 7.03. The van der Waals surface area contributed by atoms with E-state index < -0.39 is 0 Å². The second-order valence-electron chi connectivity index (χ2n) is 9.58. The van der Waals surface area contributed by atoms with Gasteiger partial charge in [-0.25, -0.2) is 4.98 Å². The third-order valence-corrected chi connectivity index (χ3v) is 8.75. The number of likely N-dealkylation sites (tertiary alicyclic amines) is 1. The predicted molar refractivity (Wildman–Crippen MR) is 136 cm³/mol. The topological polar surface area (TPSA) is 114 Å². The van der Waals surface area contributed by atoms with Crippen molar-refractivity contribution in [2.45, 2.75) is 69.2 Å². The number of aromatic nitrogens is 3. The Hall–Kier alpha value is -2.12. The van der Waals surface area contributed by atoms with Crippen molar-refractivity contribution in [3.05, 3.63) is 33.0 Å². The van der Waals surface area contributed by atoms with Crippen LogP contribution in [0.1, 0.15) is 62.7 Å². The van der Waals surface area contributed by atoms with E-state index in [0.717, 1.165) is 62.0 Å². The molecule has 0 amide bonds. The number of nitrogens with zero attached hydrogens (tertiary/aromatic N) is 5. The maximum Gasteiger partial charge on any atom is 0.218 e. The van der Waals surface area contributed by atoms with Gasteiger partial charge in [-0.1, -0.05) is 30.1 Å². The number of nitrogens with two attached hydrogens (primary N) is 1. The summed E-state index contributed by atoms with van der Waals surface area (Å²) in [4.78, 5) is 12.7. The SMILES string of the molecule is CCCc1c(-c2nc(Cl)cc(OC[C@@H]3CCCN3C)n2)noc1[C@H]1CCCC2=C1C(C#N)C(N)S2. The summed E-state index contributed by atoms with van der Waals surface area (Å²) in [5.41, 5.74) is 9.00. The van der Waals surface area contributed by atoms with Crippen molar-refractivity contribution in [3.63, 3.8) is 0 Å². The lowest BCUT2D eigenvalue weighted by atomic mass is 9.78. The number of nitriles is 1. The first kappa shape index (κ1) is 24.6. The second-order valence-corrected chi connectivity index (χ2v) is 11.2. The Balaban J connectivity index is 1.47. The molecule has 35 heavy (non-hydrogen) atoms. The highest BCUT2D eigenvalue weighted by Gasteiger charge is 2.42. The number of likely N-dealkylation sites (N-methyl/N-ethyl adjacent to an activating group) is 1. The monoisotopic (exact) mass is 514 g/mol. The Morgan fingerprint density at radius 2 is 2.20 bits per heavy atom. The maximum absolute atomic E-state index is 9.83. The summed E-state index contributed by atoms with van der Waals surface area (Å²) in [5, 5.41) is 14.3. The number of allylic oxidation sites excluding steroid dienone is 1. The number of ether oxygens (including phenoxy) is 1. The molecule has 4 atom stereocenters. The lowest BCUT2D eigenvalue weighted by Crippen LogP contribution is -2.30. The number of hydrogen-bond donors (Lipinski definition) is 1. The molecule has 4 heterocycles. The zero-order valence-corrected chi connectivity index (χ0v) is 21.7. The van der Waals surface area contributed by atoms with Crippen LogP contribution in [0.15, 0.2) is 21.1 Å². The van der Waals surface area contributed by atoms with Crippen LogP contribution in [0.3, 0.4) is 0 Å². The Bertz CT molecular complexity index is 1160. The third kappa shape index (κ3) is 4.82. The van der Waals surface area contributed by atoms with Gasteiger partial charge in [0.1, 0.15) is 17.5 Å². The summed E-state index contributed by atoms with van der Waals surface area (Å²) in [7, 11) is 2.12. The summed E-state index contributed by atoms with van der Waals surface area (Å²) in [6.07, 6.45) is 6.88. The molecule has 0 saturated carbocycles. The molecule has 10 heteroatoms. The van der Waals surface area contributed by atoms with E-state index in [4.69, 9.17) is 26.6 Å². The first-order valence-corrected chi connectivity index (χ1v) is 13.7. The highest BCUT2D eigenvalue weighted by Crippen LogP contribution is 2.53. The van der Waals surface area contributed by atoms with Crippen LogP contribution >= 0.6 is 23.4 Å². The molecule has 186 valence electrons. The van der Waals surface area contributed by atoms with E-state index in [1.54, 1.807) is 17.8 Å². The molecule has 3 aliphatic rings. The molecule has 2 aromatic heterocycles. The van der Waals surface area contributed by atoms with Crippen LogP contribution in [0.4, 0.5) is 0 Å². The van der Waals surface area contributed by atoms with Crippen LogP contribution in [0.5, 0.6) is 5.88 Å². The minimum absolute atomic E-state index is 0.0000541. The normalized spacial score (nSPS) is 26.7.